The Kier molecular flexibility index (Phi) is 3.63. The zero-order chi connectivity index (χ0) is 16.0. The number of hydrogen-bond donors (Lipinski definition) is 0. The van der Waals surface area contributed by atoms with Crippen LogP contribution < -0.4 is 0 Å². The molecular weight excluding hydrogens is 282 g/mol. The molecule has 0 aromatic heterocycles. The van der Waals surface area contributed by atoms with Crippen LogP contribution in [0.1, 0.15) is 58.3 Å². The molecule has 23 heavy (non-hydrogen) atoms. The average Bonchev–Trinajstić information content (AvgIpc) is 2.91. The molecular formula is C21H27NO. The lowest BCUT2D eigenvalue weighted by Gasteiger charge is -2.50. The normalized spacial score (nSPS) is 40.8. The predicted molar refractivity (Wildman–Crippen MR) is 91.3 cm³/mol. The van der Waals surface area contributed by atoms with Crippen LogP contribution in [0.25, 0.3) is 0 Å². The number of rotatable bonds is 1. The molecule has 2 saturated carbocycles. The maximum Gasteiger partial charge on any atom is 0.0959 e. The maximum atomic E-state index is 9.11. The summed E-state index contributed by atoms with van der Waals surface area (Å²) < 4.78 is 5.49. The summed E-state index contributed by atoms with van der Waals surface area (Å²) in [5.74, 6) is 3.60. The fourth-order valence-electron chi connectivity index (χ4n) is 6.21. The molecule has 2 heteroatoms. The third kappa shape index (κ3) is 2.20. The molecule has 0 aromatic carbocycles. The van der Waals surface area contributed by atoms with E-state index >= 15 is 0 Å². The first-order valence-corrected chi connectivity index (χ1v) is 9.20. The molecule has 0 N–H and O–H groups in total. The fourth-order valence-corrected chi connectivity index (χ4v) is 6.21. The second-order valence-corrected chi connectivity index (χ2v) is 8.09. The molecule has 4 aliphatic carbocycles. The Bertz CT molecular complexity index is 647. The summed E-state index contributed by atoms with van der Waals surface area (Å²) in [7, 11) is 1.80. The van der Waals surface area contributed by atoms with Gasteiger partial charge in [-0.2, -0.15) is 5.26 Å². The molecule has 4 aliphatic rings. The number of ether oxygens (including phenoxy) is 1. The van der Waals surface area contributed by atoms with Crippen molar-refractivity contribution >= 4 is 0 Å². The lowest BCUT2D eigenvalue weighted by molar-refractivity contribution is 0.0617. The van der Waals surface area contributed by atoms with E-state index in [0.717, 1.165) is 37.0 Å². The molecule has 4 atom stereocenters. The summed E-state index contributed by atoms with van der Waals surface area (Å²) in [5.41, 5.74) is 5.17. The fraction of sp³-hybridized carbons (Fsp3) is 0.667. The zero-order valence-corrected chi connectivity index (χ0v) is 14.4. The molecule has 2 nitrogen and oxygen atoms in total. The Labute approximate surface area is 139 Å². The maximum absolute atomic E-state index is 9.11. The van der Waals surface area contributed by atoms with Gasteiger partial charge in [0.25, 0.3) is 0 Å². The van der Waals surface area contributed by atoms with E-state index in [9.17, 15) is 0 Å². The van der Waals surface area contributed by atoms with E-state index in [1.807, 2.05) is 6.08 Å². The second kappa shape index (κ2) is 5.55. The van der Waals surface area contributed by atoms with Crippen molar-refractivity contribution in [3.63, 3.8) is 0 Å². The van der Waals surface area contributed by atoms with Gasteiger partial charge in [0.15, 0.2) is 0 Å². The van der Waals surface area contributed by atoms with E-state index in [1.165, 1.54) is 43.4 Å². The van der Waals surface area contributed by atoms with Gasteiger partial charge in [0, 0.05) is 12.5 Å². The van der Waals surface area contributed by atoms with Crippen molar-refractivity contribution < 1.29 is 4.74 Å². The van der Waals surface area contributed by atoms with Crippen molar-refractivity contribution in [2.24, 2.45) is 23.2 Å². The molecule has 4 rings (SSSR count). The van der Waals surface area contributed by atoms with E-state index in [0.29, 0.717) is 5.41 Å². The van der Waals surface area contributed by atoms with Crippen LogP contribution >= 0.6 is 0 Å². The van der Waals surface area contributed by atoms with Crippen LogP contribution in [0.3, 0.4) is 0 Å². The van der Waals surface area contributed by atoms with Gasteiger partial charge < -0.3 is 4.74 Å². The number of fused-ring (bicyclic) bond motifs is 4. The van der Waals surface area contributed by atoms with Crippen LogP contribution in [0.4, 0.5) is 0 Å². The molecule has 0 unspecified atom stereocenters. The van der Waals surface area contributed by atoms with Gasteiger partial charge >= 0.3 is 0 Å². The van der Waals surface area contributed by atoms with Crippen molar-refractivity contribution in [2.45, 2.75) is 58.3 Å². The van der Waals surface area contributed by atoms with Gasteiger partial charge in [-0.05, 0) is 74.2 Å². The molecule has 0 spiro atoms. The highest BCUT2D eigenvalue weighted by Gasteiger charge is 2.52. The summed E-state index contributed by atoms with van der Waals surface area (Å²) in [6, 6.07) is 2.30. The topological polar surface area (TPSA) is 33.0 Å². The molecule has 122 valence electrons. The van der Waals surface area contributed by atoms with Gasteiger partial charge in [-0.25, -0.2) is 0 Å². The minimum atomic E-state index is 0.303. The van der Waals surface area contributed by atoms with Crippen molar-refractivity contribution in [2.75, 3.05) is 7.11 Å². The van der Waals surface area contributed by atoms with Gasteiger partial charge in [0.2, 0.25) is 0 Å². The lowest BCUT2D eigenvalue weighted by Crippen LogP contribution is -2.41. The highest BCUT2D eigenvalue weighted by Crippen LogP contribution is 2.62. The Balaban J connectivity index is 1.61. The average molecular weight is 309 g/mol. The predicted octanol–water partition coefficient (Wildman–Crippen LogP) is 5.29. The van der Waals surface area contributed by atoms with E-state index in [-0.39, 0.29) is 0 Å². The van der Waals surface area contributed by atoms with Crippen LogP contribution in [0.15, 0.2) is 34.6 Å². The first kappa shape index (κ1) is 15.1. The van der Waals surface area contributed by atoms with E-state index in [1.54, 1.807) is 18.3 Å². The first-order chi connectivity index (χ1) is 11.2. The number of nitriles is 1. The summed E-state index contributed by atoms with van der Waals surface area (Å²) in [4.78, 5) is 0. The quantitative estimate of drug-likeness (QED) is 0.487. The minimum absolute atomic E-state index is 0.303. The molecule has 0 amide bonds. The number of hydrogen-bond acceptors (Lipinski definition) is 2. The van der Waals surface area contributed by atoms with Gasteiger partial charge in [0.05, 0.1) is 18.9 Å². The van der Waals surface area contributed by atoms with Crippen molar-refractivity contribution in [1.29, 1.82) is 5.26 Å². The van der Waals surface area contributed by atoms with Gasteiger partial charge in [-0.1, -0.05) is 23.6 Å². The highest BCUT2D eigenvalue weighted by molar-refractivity contribution is 5.35. The molecule has 0 aromatic rings. The molecule has 2 fully saturated rings. The summed E-state index contributed by atoms with van der Waals surface area (Å²) in [5, 5.41) is 9.11. The van der Waals surface area contributed by atoms with Gasteiger partial charge in [0.1, 0.15) is 0 Å². The van der Waals surface area contributed by atoms with Crippen LogP contribution in [-0.2, 0) is 4.74 Å². The monoisotopic (exact) mass is 309 g/mol. The summed E-state index contributed by atoms with van der Waals surface area (Å²) >= 11 is 0. The van der Waals surface area contributed by atoms with Crippen molar-refractivity contribution in [1.82, 2.24) is 0 Å². The second-order valence-electron chi connectivity index (χ2n) is 8.09. The molecule has 0 radical (unpaired) electrons. The number of nitrogens with zero attached hydrogens (tertiary/aromatic N) is 1. The minimum Gasteiger partial charge on any atom is -0.501 e. The highest BCUT2D eigenvalue weighted by atomic mass is 16.5. The zero-order valence-electron chi connectivity index (χ0n) is 14.4. The van der Waals surface area contributed by atoms with Crippen LogP contribution in [0.5, 0.6) is 0 Å². The summed E-state index contributed by atoms with van der Waals surface area (Å²) in [6.07, 6.45) is 14.0. The summed E-state index contributed by atoms with van der Waals surface area (Å²) in [6.45, 7) is 2.44. The third-order valence-corrected chi connectivity index (χ3v) is 7.40. The smallest absolute Gasteiger partial charge is 0.0959 e. The Hall–Kier alpha value is -1.49. The van der Waals surface area contributed by atoms with E-state index in [2.05, 4.69) is 19.1 Å². The van der Waals surface area contributed by atoms with Gasteiger partial charge in [-0.15, -0.1) is 0 Å². The van der Waals surface area contributed by atoms with Crippen LogP contribution in [0, 0.1) is 34.5 Å². The lowest BCUT2D eigenvalue weighted by atomic mass is 9.54. The first-order valence-electron chi connectivity index (χ1n) is 9.20. The molecule has 0 saturated heterocycles. The van der Waals surface area contributed by atoms with E-state index in [4.69, 9.17) is 10.00 Å². The van der Waals surface area contributed by atoms with Crippen LogP contribution in [0.2, 0.25) is 0 Å². The molecule has 0 heterocycles. The number of methoxy groups -OCH3 is 1. The Morgan fingerprint density at radius 3 is 2.96 bits per heavy atom. The number of allylic oxidation sites excluding steroid dienone is 5. The largest absolute Gasteiger partial charge is 0.501 e. The van der Waals surface area contributed by atoms with Crippen molar-refractivity contribution in [3.05, 3.63) is 34.6 Å². The molecule has 0 bridgehead atoms. The SMILES string of the molecule is COC1=CCC2=C(CC[C@@H]3[C@@H]2CC[C@]2(C)C(=CC#N)CC[C@@H]32)C1. The van der Waals surface area contributed by atoms with E-state index < -0.39 is 0 Å². The van der Waals surface area contributed by atoms with Crippen LogP contribution in [-0.4, -0.2) is 7.11 Å². The standard InChI is InChI=1S/C21H27NO/c1-21-11-9-18-17-7-5-16(23-2)13-14(17)3-6-19(18)20(21)8-4-15(21)10-12-22/h5,10,18-20H,3-4,6-9,11,13H2,1-2H3/t18-,19-,20+,21-/m1/s1. The third-order valence-electron chi connectivity index (χ3n) is 7.40. The Morgan fingerprint density at radius 1 is 1.30 bits per heavy atom. The van der Waals surface area contributed by atoms with Gasteiger partial charge in [-0.3, -0.25) is 0 Å². The molecule has 0 aliphatic heterocycles. The Morgan fingerprint density at radius 2 is 2.17 bits per heavy atom. The van der Waals surface area contributed by atoms with Crippen molar-refractivity contribution in [3.8, 4) is 6.07 Å².